The van der Waals surface area contributed by atoms with Crippen LogP contribution in [-0.4, -0.2) is 28.4 Å². The van der Waals surface area contributed by atoms with Gasteiger partial charge in [-0.2, -0.15) is 4.68 Å². The van der Waals surface area contributed by atoms with Crippen LogP contribution in [0.3, 0.4) is 0 Å². The summed E-state index contributed by atoms with van der Waals surface area (Å²) in [5, 5.41) is -0.230. The van der Waals surface area contributed by atoms with Crippen molar-refractivity contribution < 1.29 is 8.78 Å². The molecule has 1 atom stereocenters. The molecule has 0 radical (unpaired) electrons. The van der Waals surface area contributed by atoms with Crippen LogP contribution in [0.2, 0.25) is 0 Å². The van der Waals surface area contributed by atoms with Crippen LogP contribution >= 0.6 is 0 Å². The summed E-state index contributed by atoms with van der Waals surface area (Å²) in [7, 11) is 0. The van der Waals surface area contributed by atoms with E-state index in [1.54, 1.807) is 0 Å². The second-order valence-corrected chi connectivity index (χ2v) is 6.47. The van der Waals surface area contributed by atoms with Gasteiger partial charge >= 0.3 is 5.69 Å². The van der Waals surface area contributed by atoms with Crippen LogP contribution in [0.1, 0.15) is 25.3 Å². The minimum Gasteiger partial charge on any atom is -0.365 e. The molecule has 24 heavy (non-hydrogen) atoms. The van der Waals surface area contributed by atoms with Gasteiger partial charge in [-0.1, -0.05) is 0 Å². The van der Waals surface area contributed by atoms with E-state index in [0.29, 0.717) is 37.0 Å². The maximum absolute atomic E-state index is 15.2. The lowest BCUT2D eigenvalue weighted by Gasteiger charge is -2.21. The average molecular weight is 337 g/mol. The quantitative estimate of drug-likeness (QED) is 0.753. The van der Waals surface area contributed by atoms with Gasteiger partial charge in [0, 0.05) is 25.2 Å². The Morgan fingerprint density at radius 3 is 2.46 bits per heavy atom. The highest BCUT2D eigenvalue weighted by Gasteiger charge is 2.33. The summed E-state index contributed by atoms with van der Waals surface area (Å²) in [6.07, 6.45) is 2.00. The molecule has 1 aliphatic carbocycles. The highest BCUT2D eigenvalue weighted by atomic mass is 19.1. The van der Waals surface area contributed by atoms with E-state index < -0.39 is 22.9 Å². The third kappa shape index (κ3) is 2.04. The van der Waals surface area contributed by atoms with Gasteiger partial charge in [0.15, 0.2) is 5.82 Å². The van der Waals surface area contributed by atoms with Crippen molar-refractivity contribution in [3.05, 3.63) is 38.5 Å². The number of rotatable bonds is 2. The Labute approximate surface area is 135 Å². The summed E-state index contributed by atoms with van der Waals surface area (Å²) in [6.45, 7) is 0.739. The van der Waals surface area contributed by atoms with Gasteiger partial charge in [0.1, 0.15) is 11.5 Å². The number of aromatic nitrogens is 2. The Morgan fingerprint density at radius 1 is 1.17 bits per heavy atom. The van der Waals surface area contributed by atoms with Gasteiger partial charge in [-0.15, -0.1) is 0 Å². The zero-order valence-electron chi connectivity index (χ0n) is 12.8. The highest BCUT2D eigenvalue weighted by molar-refractivity contribution is 5.84. The number of anilines is 1. The van der Waals surface area contributed by atoms with Crippen LogP contribution in [0.15, 0.2) is 15.7 Å². The first-order valence-electron chi connectivity index (χ1n) is 7.85. The molecule has 128 valence electrons. The Hall–Kier alpha value is -2.42. The number of hydrogen-bond acceptors (Lipinski definition) is 5. The van der Waals surface area contributed by atoms with Gasteiger partial charge in [-0.25, -0.2) is 13.6 Å². The molecule has 2 fully saturated rings. The van der Waals surface area contributed by atoms with Crippen LogP contribution < -0.4 is 27.7 Å². The van der Waals surface area contributed by atoms with Crippen LogP contribution in [-0.2, 0) is 0 Å². The number of benzene rings is 1. The number of nitrogens with two attached hydrogens (primary N) is 2. The smallest absolute Gasteiger partial charge is 0.350 e. The van der Waals surface area contributed by atoms with Gasteiger partial charge in [0.25, 0.3) is 5.56 Å². The molecule has 0 amide bonds. The van der Waals surface area contributed by atoms with Crippen molar-refractivity contribution in [1.29, 1.82) is 0 Å². The van der Waals surface area contributed by atoms with E-state index >= 15 is 4.39 Å². The Balaban J connectivity index is 2.08. The molecule has 4 N–H and O–H groups in total. The average Bonchev–Trinajstić information content (AvgIpc) is 3.28. The molecule has 0 spiro atoms. The molecule has 1 unspecified atom stereocenters. The normalized spacial score (nSPS) is 21.0. The first kappa shape index (κ1) is 15.1. The predicted molar refractivity (Wildman–Crippen MR) is 85.6 cm³/mol. The fourth-order valence-corrected chi connectivity index (χ4v) is 3.38. The van der Waals surface area contributed by atoms with E-state index in [4.69, 9.17) is 11.6 Å². The first-order chi connectivity index (χ1) is 11.4. The molecule has 4 rings (SSSR count). The van der Waals surface area contributed by atoms with E-state index in [1.807, 2.05) is 0 Å². The Bertz CT molecular complexity index is 963. The SMILES string of the molecule is NC1CCN(c2c(F)cc3c(=O)n(N)c(=O)n(C4CC4)c3c2F)C1. The van der Waals surface area contributed by atoms with E-state index in [1.165, 1.54) is 9.47 Å². The van der Waals surface area contributed by atoms with Gasteiger partial charge < -0.3 is 16.5 Å². The molecule has 9 heteroatoms. The summed E-state index contributed by atoms with van der Waals surface area (Å²) in [6, 6.07) is 0.577. The van der Waals surface area contributed by atoms with Crippen molar-refractivity contribution in [3.63, 3.8) is 0 Å². The monoisotopic (exact) mass is 337 g/mol. The molecule has 0 bridgehead atoms. The number of hydrogen-bond donors (Lipinski definition) is 2. The number of nitrogen functional groups attached to an aromatic ring is 1. The maximum Gasteiger partial charge on any atom is 0.350 e. The highest BCUT2D eigenvalue weighted by Crippen LogP contribution is 2.38. The van der Waals surface area contributed by atoms with Gasteiger partial charge in [-0.05, 0) is 25.3 Å². The molecule has 1 saturated heterocycles. The van der Waals surface area contributed by atoms with Crippen LogP contribution in [0.5, 0.6) is 0 Å². The third-order valence-corrected chi connectivity index (χ3v) is 4.72. The van der Waals surface area contributed by atoms with Crippen molar-refractivity contribution in [1.82, 2.24) is 9.24 Å². The van der Waals surface area contributed by atoms with Crippen molar-refractivity contribution >= 4 is 16.6 Å². The minimum atomic E-state index is -0.908. The lowest BCUT2D eigenvalue weighted by molar-refractivity contribution is 0.569. The second-order valence-electron chi connectivity index (χ2n) is 6.47. The molecular formula is C15H17F2N5O2. The minimum absolute atomic E-state index is 0.165. The van der Waals surface area contributed by atoms with Crippen LogP contribution in [0, 0.1) is 11.6 Å². The Morgan fingerprint density at radius 2 is 1.88 bits per heavy atom. The van der Waals surface area contributed by atoms with E-state index in [-0.39, 0.29) is 28.7 Å². The summed E-state index contributed by atoms with van der Waals surface area (Å²) >= 11 is 0. The lowest BCUT2D eigenvalue weighted by Crippen LogP contribution is -2.45. The fourth-order valence-electron chi connectivity index (χ4n) is 3.38. The summed E-state index contributed by atoms with van der Waals surface area (Å²) < 4.78 is 31.3. The number of fused-ring (bicyclic) bond motifs is 1. The van der Waals surface area contributed by atoms with Crippen LogP contribution in [0.25, 0.3) is 10.9 Å². The first-order valence-corrected chi connectivity index (χ1v) is 7.85. The summed E-state index contributed by atoms with van der Waals surface area (Å²) in [5.41, 5.74) is 3.71. The zero-order valence-corrected chi connectivity index (χ0v) is 12.8. The molecule has 2 heterocycles. The number of nitrogens with zero attached hydrogens (tertiary/aromatic N) is 3. The molecule has 2 aromatic rings. The molecule has 2 aliphatic rings. The maximum atomic E-state index is 15.2. The van der Waals surface area contributed by atoms with E-state index in [0.717, 1.165) is 6.07 Å². The molecule has 7 nitrogen and oxygen atoms in total. The zero-order chi connectivity index (χ0) is 17.2. The molecule has 1 aliphatic heterocycles. The Kier molecular flexibility index (Phi) is 3.17. The molecule has 1 aromatic carbocycles. The fraction of sp³-hybridized carbons (Fsp3) is 0.467. The van der Waals surface area contributed by atoms with Gasteiger partial charge in [0.2, 0.25) is 0 Å². The standard InChI is InChI=1S/C15H17F2N5O2/c16-10-5-9-12(11(17)13(10)20-4-3-7(18)6-20)21(8-1-2-8)15(24)22(19)14(9)23/h5,7-8H,1-4,6,18-19H2. The van der Waals surface area contributed by atoms with Crippen LogP contribution in [0.4, 0.5) is 14.5 Å². The largest absolute Gasteiger partial charge is 0.365 e. The van der Waals surface area contributed by atoms with Crippen molar-refractivity contribution in [3.8, 4) is 0 Å². The van der Waals surface area contributed by atoms with Gasteiger partial charge in [0.05, 0.1) is 10.9 Å². The van der Waals surface area contributed by atoms with Crippen molar-refractivity contribution in [2.75, 3.05) is 23.8 Å². The predicted octanol–water partition coefficient (Wildman–Crippen LogP) is 0.0275. The lowest BCUT2D eigenvalue weighted by atomic mass is 10.1. The summed E-state index contributed by atoms with van der Waals surface area (Å²) in [5.74, 6) is 3.74. The second kappa shape index (κ2) is 5.04. The van der Waals surface area contributed by atoms with Gasteiger partial charge in [-0.3, -0.25) is 9.36 Å². The molecule has 1 aromatic heterocycles. The third-order valence-electron chi connectivity index (χ3n) is 4.72. The topological polar surface area (TPSA) is 99.3 Å². The van der Waals surface area contributed by atoms with E-state index in [9.17, 15) is 14.0 Å². The van der Waals surface area contributed by atoms with Crippen molar-refractivity contribution in [2.24, 2.45) is 5.73 Å². The van der Waals surface area contributed by atoms with Crippen molar-refractivity contribution in [2.45, 2.75) is 31.3 Å². The number of halogens is 2. The molecule has 1 saturated carbocycles. The summed E-state index contributed by atoms with van der Waals surface area (Å²) in [4.78, 5) is 26.0. The molecular weight excluding hydrogens is 320 g/mol. The van der Waals surface area contributed by atoms with E-state index in [2.05, 4.69) is 0 Å².